The second-order valence-electron chi connectivity index (χ2n) is 9.10. The summed E-state index contributed by atoms with van der Waals surface area (Å²) >= 11 is 0. The topological polar surface area (TPSA) is 72.9 Å². The molecule has 1 aliphatic heterocycles. The number of allylic oxidation sites excluding steroid dienone is 2. The Labute approximate surface area is 185 Å². The Bertz CT molecular complexity index is 1120. The molecule has 0 unspecified atom stereocenters. The van der Waals surface area contributed by atoms with Gasteiger partial charge < -0.3 is 9.47 Å². The Hall–Kier alpha value is -3.41. The van der Waals surface area contributed by atoms with Gasteiger partial charge in [0, 0.05) is 5.56 Å². The standard InChI is InChI=1S/C26H23NO5/c1-31-17-4-2-3-14(11-17)22(28)13-32-16-7-5-15(6-8-16)27-25(29)23-18-9-10-19(21-12-20(18)21)24(23)26(27)30/h2-11,18-21,23-24H,12-13H2,1H3/t18-,19-,20-,21+,23-,24+/m1/s1. The smallest absolute Gasteiger partial charge is 0.238 e. The molecule has 0 radical (unpaired) electrons. The number of methoxy groups -OCH3 is 1. The quantitative estimate of drug-likeness (QED) is 0.399. The van der Waals surface area contributed by atoms with Crippen molar-refractivity contribution < 1.29 is 23.9 Å². The summed E-state index contributed by atoms with van der Waals surface area (Å²) in [6.45, 7) is -0.115. The number of ether oxygens (including phenoxy) is 2. The molecule has 6 nitrogen and oxygen atoms in total. The second kappa shape index (κ2) is 7.05. The van der Waals surface area contributed by atoms with Crippen LogP contribution in [0.2, 0.25) is 0 Å². The van der Waals surface area contributed by atoms with Crippen molar-refractivity contribution >= 4 is 23.3 Å². The summed E-state index contributed by atoms with van der Waals surface area (Å²) in [6.07, 6.45) is 5.49. The summed E-state index contributed by atoms with van der Waals surface area (Å²) in [6, 6.07) is 13.7. The Kier molecular flexibility index (Phi) is 4.25. The molecule has 32 heavy (non-hydrogen) atoms. The van der Waals surface area contributed by atoms with Crippen molar-refractivity contribution in [1.82, 2.24) is 0 Å². The van der Waals surface area contributed by atoms with Gasteiger partial charge in [0.1, 0.15) is 11.5 Å². The minimum Gasteiger partial charge on any atom is -0.497 e. The number of carbonyl (C=O) groups is 3. The summed E-state index contributed by atoms with van der Waals surface area (Å²) in [4.78, 5) is 40.2. The Morgan fingerprint density at radius 2 is 1.59 bits per heavy atom. The van der Waals surface area contributed by atoms with E-state index in [-0.39, 0.29) is 47.9 Å². The van der Waals surface area contributed by atoms with E-state index in [9.17, 15) is 14.4 Å². The number of Topliss-reactive ketones (excluding diaryl/α,β-unsaturated/α-hetero) is 1. The molecular formula is C26H23NO5. The zero-order valence-electron chi connectivity index (χ0n) is 17.6. The van der Waals surface area contributed by atoms with Gasteiger partial charge in [0.05, 0.1) is 24.6 Å². The maximum atomic E-state index is 13.2. The van der Waals surface area contributed by atoms with Gasteiger partial charge in [-0.1, -0.05) is 24.3 Å². The lowest BCUT2D eigenvalue weighted by atomic mass is 9.63. The summed E-state index contributed by atoms with van der Waals surface area (Å²) in [5.74, 6) is 1.97. The molecule has 2 amide bonds. The summed E-state index contributed by atoms with van der Waals surface area (Å²) in [5, 5.41) is 0. The lowest BCUT2D eigenvalue weighted by Gasteiger charge is -2.37. The Morgan fingerprint density at radius 3 is 2.22 bits per heavy atom. The lowest BCUT2D eigenvalue weighted by Crippen LogP contribution is -2.40. The van der Waals surface area contributed by atoms with Crippen molar-refractivity contribution in [3.05, 3.63) is 66.2 Å². The van der Waals surface area contributed by atoms with E-state index in [2.05, 4.69) is 12.2 Å². The molecule has 162 valence electrons. The molecule has 0 N–H and O–H groups in total. The number of amides is 2. The fraction of sp³-hybridized carbons (Fsp3) is 0.346. The van der Waals surface area contributed by atoms with E-state index in [0.29, 0.717) is 34.6 Å². The first-order valence-electron chi connectivity index (χ1n) is 11.0. The van der Waals surface area contributed by atoms with Gasteiger partial charge in [-0.2, -0.15) is 0 Å². The van der Waals surface area contributed by atoms with Gasteiger partial charge in [-0.3, -0.25) is 19.3 Å². The van der Waals surface area contributed by atoms with Gasteiger partial charge in [0.2, 0.25) is 11.8 Å². The zero-order chi connectivity index (χ0) is 22.0. The third kappa shape index (κ3) is 2.82. The maximum absolute atomic E-state index is 13.2. The van der Waals surface area contributed by atoms with Crippen LogP contribution in [0.1, 0.15) is 16.8 Å². The molecule has 3 fully saturated rings. The number of ketones is 1. The van der Waals surface area contributed by atoms with Crippen LogP contribution in [0.25, 0.3) is 0 Å². The monoisotopic (exact) mass is 429 g/mol. The first-order valence-corrected chi connectivity index (χ1v) is 11.0. The Balaban J connectivity index is 1.15. The van der Waals surface area contributed by atoms with Crippen LogP contribution < -0.4 is 14.4 Å². The zero-order valence-corrected chi connectivity index (χ0v) is 17.6. The van der Waals surface area contributed by atoms with Crippen LogP contribution in [0.4, 0.5) is 5.69 Å². The third-order valence-electron chi connectivity index (χ3n) is 7.52. The van der Waals surface area contributed by atoms with Gasteiger partial charge in [-0.25, -0.2) is 0 Å². The highest BCUT2D eigenvalue weighted by Gasteiger charge is 2.67. The lowest BCUT2D eigenvalue weighted by molar-refractivity contribution is -0.124. The summed E-state index contributed by atoms with van der Waals surface area (Å²) in [7, 11) is 1.55. The molecule has 2 bridgehead atoms. The fourth-order valence-corrected chi connectivity index (χ4v) is 5.93. The number of rotatable bonds is 6. The van der Waals surface area contributed by atoms with E-state index >= 15 is 0 Å². The predicted octanol–water partition coefficient (Wildman–Crippen LogP) is 3.51. The Morgan fingerprint density at radius 1 is 0.938 bits per heavy atom. The van der Waals surface area contributed by atoms with Crippen LogP contribution in [0.15, 0.2) is 60.7 Å². The number of carbonyl (C=O) groups excluding carboxylic acids is 3. The highest BCUT2D eigenvalue weighted by atomic mass is 16.5. The van der Waals surface area contributed by atoms with E-state index in [1.807, 2.05) is 0 Å². The largest absolute Gasteiger partial charge is 0.497 e. The van der Waals surface area contributed by atoms with Crippen LogP contribution in [-0.4, -0.2) is 31.3 Å². The van der Waals surface area contributed by atoms with E-state index in [0.717, 1.165) is 6.42 Å². The van der Waals surface area contributed by atoms with Crippen molar-refractivity contribution in [3.63, 3.8) is 0 Å². The van der Waals surface area contributed by atoms with Gasteiger partial charge in [0.15, 0.2) is 12.4 Å². The number of anilines is 1. The average molecular weight is 429 g/mol. The van der Waals surface area contributed by atoms with Crippen LogP contribution in [-0.2, 0) is 9.59 Å². The summed E-state index contributed by atoms with van der Waals surface area (Å²) in [5.41, 5.74) is 1.08. The number of benzene rings is 2. The van der Waals surface area contributed by atoms with E-state index in [4.69, 9.17) is 9.47 Å². The number of imide groups is 1. The molecule has 6 heteroatoms. The van der Waals surface area contributed by atoms with Crippen molar-refractivity contribution in [1.29, 1.82) is 0 Å². The molecule has 2 saturated carbocycles. The van der Waals surface area contributed by atoms with Crippen molar-refractivity contribution in [2.45, 2.75) is 6.42 Å². The molecule has 4 aliphatic carbocycles. The minimum atomic E-state index is -0.210. The molecule has 1 saturated heterocycles. The minimum absolute atomic E-state index is 0.0772. The number of nitrogens with zero attached hydrogens (tertiary/aromatic N) is 1. The maximum Gasteiger partial charge on any atom is 0.238 e. The average Bonchev–Trinajstić information content (AvgIpc) is 3.61. The van der Waals surface area contributed by atoms with E-state index in [1.54, 1.807) is 55.6 Å². The van der Waals surface area contributed by atoms with Gasteiger partial charge in [-0.15, -0.1) is 0 Å². The molecule has 1 heterocycles. The molecule has 6 atom stereocenters. The first kappa shape index (κ1) is 19.3. The second-order valence-corrected chi connectivity index (χ2v) is 9.10. The molecule has 2 aromatic rings. The van der Waals surface area contributed by atoms with Crippen LogP contribution in [0, 0.1) is 35.5 Å². The molecular weight excluding hydrogens is 406 g/mol. The number of hydrogen-bond acceptors (Lipinski definition) is 5. The molecule has 0 spiro atoms. The SMILES string of the molecule is COc1cccc(C(=O)COc2ccc(N3C(=O)[C@@H]4[C@@H]5C=C[C@H]([C@@H]6C[C@H]56)[C@@H]4C3=O)cc2)c1. The van der Waals surface area contributed by atoms with Crippen molar-refractivity contribution in [2.75, 3.05) is 18.6 Å². The summed E-state index contributed by atoms with van der Waals surface area (Å²) < 4.78 is 10.8. The van der Waals surface area contributed by atoms with E-state index in [1.165, 1.54) is 4.90 Å². The van der Waals surface area contributed by atoms with Crippen LogP contribution >= 0.6 is 0 Å². The van der Waals surface area contributed by atoms with Crippen LogP contribution in [0.3, 0.4) is 0 Å². The molecule has 0 aromatic heterocycles. The number of hydrogen-bond donors (Lipinski definition) is 0. The predicted molar refractivity (Wildman–Crippen MR) is 116 cm³/mol. The highest BCUT2D eigenvalue weighted by molar-refractivity contribution is 6.22. The normalized spacial score (nSPS) is 31.3. The highest BCUT2D eigenvalue weighted by Crippen LogP contribution is 2.65. The molecule has 2 aromatic carbocycles. The van der Waals surface area contributed by atoms with Gasteiger partial charge in [0.25, 0.3) is 0 Å². The molecule has 5 aliphatic rings. The molecule has 7 rings (SSSR count). The van der Waals surface area contributed by atoms with E-state index < -0.39 is 0 Å². The third-order valence-corrected chi connectivity index (χ3v) is 7.52. The van der Waals surface area contributed by atoms with Crippen LogP contribution in [0.5, 0.6) is 11.5 Å². The van der Waals surface area contributed by atoms with Crippen molar-refractivity contribution in [3.8, 4) is 11.5 Å². The van der Waals surface area contributed by atoms with Crippen molar-refractivity contribution in [2.24, 2.45) is 35.5 Å². The van der Waals surface area contributed by atoms with Gasteiger partial charge in [-0.05, 0) is 66.5 Å². The first-order chi connectivity index (χ1) is 15.6. The van der Waals surface area contributed by atoms with Gasteiger partial charge >= 0.3 is 0 Å². The fourth-order valence-electron chi connectivity index (χ4n) is 5.93.